The number of hydrogen-bond donors (Lipinski definition) is 1. The molecule has 0 bridgehead atoms. The third-order valence-electron chi connectivity index (χ3n) is 2.75. The molecule has 112 valence electrons. The van der Waals surface area contributed by atoms with Crippen molar-refractivity contribution in [1.82, 2.24) is 14.9 Å². The largest absolute Gasteiger partial charge is 0.363 e. The average molecular weight is 356 g/mol. The number of aromatic nitrogens is 3. The minimum Gasteiger partial charge on any atom is -0.363 e. The van der Waals surface area contributed by atoms with Crippen molar-refractivity contribution in [3.63, 3.8) is 0 Å². The number of aryl methyl sites for hydroxylation is 2. The zero-order valence-electron chi connectivity index (χ0n) is 11.8. The van der Waals surface area contributed by atoms with Gasteiger partial charge in [0.2, 0.25) is 5.91 Å². The van der Waals surface area contributed by atoms with Gasteiger partial charge in [-0.15, -0.1) is 0 Å². The lowest BCUT2D eigenvalue weighted by Gasteiger charge is -2.19. The molecule has 1 amide bonds. The summed E-state index contributed by atoms with van der Waals surface area (Å²) in [7, 11) is 3.24. The first-order valence-corrected chi connectivity index (χ1v) is 6.84. The van der Waals surface area contributed by atoms with Gasteiger partial charge in [0.15, 0.2) is 5.82 Å². The maximum atomic E-state index is 11.9. The summed E-state index contributed by atoms with van der Waals surface area (Å²) in [5.41, 5.74) is 0.261. The van der Waals surface area contributed by atoms with Gasteiger partial charge in [0.05, 0.1) is 18.4 Å². The smallest absolute Gasteiger partial charge is 0.282 e. The second kappa shape index (κ2) is 6.08. The molecular formula is C12H14BrN5O3. The predicted molar refractivity (Wildman–Crippen MR) is 80.3 cm³/mol. The maximum Gasteiger partial charge on any atom is 0.282 e. The van der Waals surface area contributed by atoms with Gasteiger partial charge in [-0.25, -0.2) is 4.68 Å². The quantitative estimate of drug-likeness (QED) is 0.876. The number of halogens is 1. The molecule has 8 nitrogen and oxygen atoms in total. The molecule has 0 unspecified atom stereocenters. The molecule has 0 aliphatic rings. The van der Waals surface area contributed by atoms with Crippen LogP contribution in [0.1, 0.15) is 5.76 Å². The summed E-state index contributed by atoms with van der Waals surface area (Å²) in [5.74, 6) is 0.683. The Morgan fingerprint density at radius 2 is 2.29 bits per heavy atom. The molecule has 0 fully saturated rings. The van der Waals surface area contributed by atoms with Gasteiger partial charge >= 0.3 is 0 Å². The highest BCUT2D eigenvalue weighted by atomic mass is 79.9. The minimum absolute atomic E-state index is 0.0410. The first-order valence-electron chi connectivity index (χ1n) is 6.04. The molecule has 9 heteroatoms. The Morgan fingerprint density at radius 1 is 1.57 bits per heavy atom. The van der Waals surface area contributed by atoms with Crippen LogP contribution in [-0.2, 0) is 11.8 Å². The lowest BCUT2D eigenvalue weighted by Crippen LogP contribution is -2.32. The van der Waals surface area contributed by atoms with Gasteiger partial charge in [0.25, 0.3) is 5.56 Å². The van der Waals surface area contributed by atoms with Crippen molar-refractivity contribution in [2.45, 2.75) is 6.92 Å². The van der Waals surface area contributed by atoms with Gasteiger partial charge < -0.3 is 14.7 Å². The summed E-state index contributed by atoms with van der Waals surface area (Å²) in [4.78, 5) is 25.3. The molecule has 2 heterocycles. The van der Waals surface area contributed by atoms with E-state index in [1.807, 2.05) is 0 Å². The zero-order chi connectivity index (χ0) is 15.6. The Kier molecular flexibility index (Phi) is 4.41. The Balaban J connectivity index is 2.07. The van der Waals surface area contributed by atoms with Crippen LogP contribution in [0.25, 0.3) is 0 Å². The average Bonchev–Trinajstić information content (AvgIpc) is 2.81. The van der Waals surface area contributed by atoms with Crippen LogP contribution in [0.15, 0.2) is 26.1 Å². The summed E-state index contributed by atoms with van der Waals surface area (Å²) in [6.07, 6.45) is 1.51. The number of rotatable bonds is 4. The molecular weight excluding hydrogens is 342 g/mol. The first-order chi connectivity index (χ1) is 9.88. The third kappa shape index (κ3) is 3.48. The van der Waals surface area contributed by atoms with Crippen LogP contribution in [0.5, 0.6) is 0 Å². The Morgan fingerprint density at radius 3 is 2.90 bits per heavy atom. The lowest BCUT2D eigenvalue weighted by atomic mass is 10.4. The normalized spacial score (nSPS) is 10.5. The van der Waals surface area contributed by atoms with Gasteiger partial charge in [0.1, 0.15) is 10.2 Å². The number of carbonyl (C=O) groups excluding carboxylic acids is 1. The van der Waals surface area contributed by atoms with Gasteiger partial charge in [-0.05, 0) is 22.9 Å². The van der Waals surface area contributed by atoms with Gasteiger partial charge in [0, 0.05) is 20.2 Å². The van der Waals surface area contributed by atoms with E-state index in [0.29, 0.717) is 21.7 Å². The van der Waals surface area contributed by atoms with E-state index in [0.717, 1.165) is 0 Å². The van der Waals surface area contributed by atoms with E-state index in [9.17, 15) is 9.59 Å². The second-order valence-corrected chi connectivity index (χ2v) is 5.29. The summed E-state index contributed by atoms with van der Waals surface area (Å²) in [6.45, 7) is 1.77. The SMILES string of the molecule is Cc1cc(NC(=O)CN(C)c2cnn(C)c(=O)c2Br)no1. The van der Waals surface area contributed by atoms with Gasteiger partial charge in [-0.3, -0.25) is 9.59 Å². The highest BCUT2D eigenvalue weighted by molar-refractivity contribution is 9.10. The molecule has 0 aliphatic heterocycles. The first kappa shape index (κ1) is 15.2. The van der Waals surface area contributed by atoms with Crippen LogP contribution < -0.4 is 15.8 Å². The van der Waals surface area contributed by atoms with Crippen molar-refractivity contribution in [1.29, 1.82) is 0 Å². The minimum atomic E-state index is -0.279. The summed E-state index contributed by atoms with van der Waals surface area (Å²) in [6, 6.07) is 1.62. The molecule has 0 saturated heterocycles. The molecule has 0 radical (unpaired) electrons. The summed E-state index contributed by atoms with van der Waals surface area (Å²) < 4.78 is 6.43. The summed E-state index contributed by atoms with van der Waals surface area (Å²) in [5, 5.41) is 10.2. The van der Waals surface area contributed by atoms with Crippen molar-refractivity contribution in [3.05, 3.63) is 32.8 Å². The van der Waals surface area contributed by atoms with Crippen molar-refractivity contribution >= 4 is 33.3 Å². The number of amides is 1. The predicted octanol–water partition coefficient (Wildman–Crippen LogP) is 0.914. The molecule has 21 heavy (non-hydrogen) atoms. The van der Waals surface area contributed by atoms with Gasteiger partial charge in [-0.1, -0.05) is 5.16 Å². The molecule has 2 rings (SSSR count). The molecule has 2 aromatic rings. The maximum absolute atomic E-state index is 11.9. The van der Waals surface area contributed by atoms with Crippen LogP contribution in [-0.4, -0.2) is 34.4 Å². The van der Waals surface area contributed by atoms with Crippen molar-refractivity contribution < 1.29 is 9.32 Å². The fraction of sp³-hybridized carbons (Fsp3) is 0.333. The number of carbonyl (C=O) groups is 1. The standard InChI is InChI=1S/C12H14BrN5O3/c1-7-4-9(16-21-7)15-10(19)6-17(2)8-5-14-18(3)12(20)11(8)13/h4-5H,6H2,1-3H3,(H,15,16,19). The topological polar surface area (TPSA) is 93.3 Å². The van der Waals surface area contributed by atoms with Crippen LogP contribution in [0, 0.1) is 6.92 Å². The van der Waals surface area contributed by atoms with E-state index >= 15 is 0 Å². The van der Waals surface area contributed by atoms with Crippen LogP contribution in [0.3, 0.4) is 0 Å². The molecule has 0 atom stereocenters. The molecule has 1 N–H and O–H groups in total. The molecule has 0 aliphatic carbocycles. The zero-order valence-corrected chi connectivity index (χ0v) is 13.3. The van der Waals surface area contributed by atoms with Crippen LogP contribution >= 0.6 is 15.9 Å². The van der Waals surface area contributed by atoms with E-state index in [-0.39, 0.29) is 18.0 Å². The highest BCUT2D eigenvalue weighted by Crippen LogP contribution is 2.19. The second-order valence-electron chi connectivity index (χ2n) is 4.50. The molecule has 0 spiro atoms. The monoisotopic (exact) mass is 355 g/mol. The lowest BCUT2D eigenvalue weighted by molar-refractivity contribution is -0.115. The fourth-order valence-electron chi connectivity index (χ4n) is 1.68. The third-order valence-corrected chi connectivity index (χ3v) is 3.49. The van der Waals surface area contributed by atoms with Crippen LogP contribution in [0.4, 0.5) is 11.5 Å². The van der Waals surface area contributed by atoms with Crippen molar-refractivity contribution in [2.75, 3.05) is 23.8 Å². The molecule has 2 aromatic heterocycles. The Labute approximate surface area is 128 Å². The van der Waals surface area contributed by atoms with E-state index in [1.165, 1.54) is 10.9 Å². The number of hydrogen-bond acceptors (Lipinski definition) is 6. The van der Waals surface area contributed by atoms with E-state index in [2.05, 4.69) is 31.5 Å². The Hall–Kier alpha value is -2.16. The van der Waals surface area contributed by atoms with E-state index < -0.39 is 0 Å². The molecule has 0 saturated carbocycles. The van der Waals surface area contributed by atoms with Crippen LogP contribution in [0.2, 0.25) is 0 Å². The highest BCUT2D eigenvalue weighted by Gasteiger charge is 2.14. The van der Waals surface area contributed by atoms with E-state index in [1.54, 1.807) is 32.0 Å². The number of anilines is 2. The van der Waals surface area contributed by atoms with Gasteiger partial charge in [-0.2, -0.15) is 5.10 Å². The van der Waals surface area contributed by atoms with E-state index in [4.69, 9.17) is 4.52 Å². The number of nitrogens with zero attached hydrogens (tertiary/aromatic N) is 4. The van der Waals surface area contributed by atoms with Crippen molar-refractivity contribution in [2.24, 2.45) is 7.05 Å². The fourth-order valence-corrected chi connectivity index (χ4v) is 2.34. The number of likely N-dealkylation sites (N-methyl/N-ethyl adjacent to an activating group) is 1. The molecule has 0 aromatic carbocycles. The number of nitrogens with one attached hydrogen (secondary N) is 1. The summed E-state index contributed by atoms with van der Waals surface area (Å²) >= 11 is 3.22. The van der Waals surface area contributed by atoms with Crippen molar-refractivity contribution in [3.8, 4) is 0 Å². The Bertz CT molecular complexity index is 724.